The van der Waals surface area contributed by atoms with E-state index in [-0.39, 0.29) is 11.8 Å². The normalized spacial score (nSPS) is 13.0. The Bertz CT molecular complexity index is 1300. The molecule has 0 bridgehead atoms. The first-order valence-electron chi connectivity index (χ1n) is 10.7. The maximum absolute atomic E-state index is 13.2. The number of pyridine rings is 2. The van der Waals surface area contributed by atoms with Gasteiger partial charge in [0.1, 0.15) is 0 Å². The van der Waals surface area contributed by atoms with Crippen LogP contribution in [0, 0.1) is 0 Å². The first kappa shape index (κ1) is 19.9. The molecule has 32 heavy (non-hydrogen) atoms. The maximum Gasteiger partial charge on any atom is 0.256 e. The van der Waals surface area contributed by atoms with Gasteiger partial charge in [0.2, 0.25) is 0 Å². The molecule has 1 saturated carbocycles. The van der Waals surface area contributed by atoms with E-state index in [0.717, 1.165) is 35.1 Å². The van der Waals surface area contributed by atoms with Crippen molar-refractivity contribution in [3.8, 4) is 0 Å². The number of rotatable bonds is 6. The molecule has 2 heterocycles. The van der Waals surface area contributed by atoms with Gasteiger partial charge in [-0.25, -0.2) is 0 Å². The summed E-state index contributed by atoms with van der Waals surface area (Å²) in [7, 11) is 0. The second kappa shape index (κ2) is 8.59. The highest BCUT2D eigenvalue weighted by Crippen LogP contribution is 2.40. The molecule has 1 aliphatic carbocycles. The molecule has 2 amide bonds. The SMILES string of the molecule is O=C(NCc1ccccn1)c1cccc(NC(=O)c2cc(C3CC3)nc3ccccc23)c1. The van der Waals surface area contributed by atoms with Crippen LogP contribution in [-0.4, -0.2) is 21.8 Å². The minimum absolute atomic E-state index is 0.212. The number of hydrogen-bond acceptors (Lipinski definition) is 4. The Kier molecular flexibility index (Phi) is 5.34. The molecule has 158 valence electrons. The van der Waals surface area contributed by atoms with Gasteiger partial charge in [0.15, 0.2) is 0 Å². The summed E-state index contributed by atoms with van der Waals surface area (Å²) in [5, 5.41) is 6.62. The van der Waals surface area contributed by atoms with Crippen LogP contribution >= 0.6 is 0 Å². The number of nitrogens with one attached hydrogen (secondary N) is 2. The van der Waals surface area contributed by atoms with E-state index >= 15 is 0 Å². The van der Waals surface area contributed by atoms with Gasteiger partial charge in [0.25, 0.3) is 11.8 Å². The van der Waals surface area contributed by atoms with Crippen LogP contribution in [0.5, 0.6) is 0 Å². The summed E-state index contributed by atoms with van der Waals surface area (Å²) in [6, 6.07) is 22.1. The first-order chi connectivity index (χ1) is 15.7. The molecule has 5 rings (SSSR count). The zero-order valence-corrected chi connectivity index (χ0v) is 17.4. The highest BCUT2D eigenvalue weighted by Gasteiger charge is 2.27. The lowest BCUT2D eigenvalue weighted by molar-refractivity contribution is 0.0949. The van der Waals surface area contributed by atoms with E-state index in [0.29, 0.717) is 29.3 Å². The predicted octanol–water partition coefficient (Wildman–Crippen LogP) is 4.69. The average Bonchev–Trinajstić information content (AvgIpc) is 3.68. The average molecular weight is 422 g/mol. The third-order valence-electron chi connectivity index (χ3n) is 5.52. The summed E-state index contributed by atoms with van der Waals surface area (Å²) in [5.74, 6) is 0.00552. The number of amides is 2. The van der Waals surface area contributed by atoms with Gasteiger partial charge in [-0.1, -0.05) is 30.3 Å². The first-order valence-corrected chi connectivity index (χ1v) is 10.7. The molecule has 6 nitrogen and oxygen atoms in total. The monoisotopic (exact) mass is 422 g/mol. The van der Waals surface area contributed by atoms with Gasteiger partial charge in [-0.15, -0.1) is 0 Å². The second-order valence-electron chi connectivity index (χ2n) is 7.92. The van der Waals surface area contributed by atoms with Crippen LogP contribution in [0.4, 0.5) is 5.69 Å². The van der Waals surface area contributed by atoms with Gasteiger partial charge in [-0.3, -0.25) is 19.6 Å². The number of fused-ring (bicyclic) bond motifs is 1. The molecule has 4 aromatic rings. The number of hydrogen-bond donors (Lipinski definition) is 2. The molecule has 0 atom stereocenters. The van der Waals surface area contributed by atoms with Crippen LogP contribution < -0.4 is 10.6 Å². The van der Waals surface area contributed by atoms with Gasteiger partial charge >= 0.3 is 0 Å². The smallest absolute Gasteiger partial charge is 0.256 e. The highest BCUT2D eigenvalue weighted by molar-refractivity contribution is 6.12. The standard InChI is InChI=1S/C26H22N4O2/c31-25(28-16-20-7-3-4-13-27-20)18-6-5-8-19(14-18)29-26(32)22-15-24(17-11-12-17)30-23-10-2-1-9-21(22)23/h1-10,13-15,17H,11-12,16H2,(H,28,31)(H,29,32). The Morgan fingerprint density at radius 3 is 2.56 bits per heavy atom. The molecule has 0 radical (unpaired) electrons. The lowest BCUT2D eigenvalue weighted by Crippen LogP contribution is -2.23. The van der Waals surface area contributed by atoms with Crippen LogP contribution in [0.2, 0.25) is 0 Å². The number of para-hydroxylation sites is 1. The molecule has 2 N–H and O–H groups in total. The molecule has 0 spiro atoms. The fourth-order valence-corrected chi connectivity index (χ4v) is 3.68. The number of aromatic nitrogens is 2. The highest BCUT2D eigenvalue weighted by atomic mass is 16.2. The molecule has 0 unspecified atom stereocenters. The number of nitrogens with zero attached hydrogens (tertiary/aromatic N) is 2. The van der Waals surface area contributed by atoms with Gasteiger partial charge in [0.05, 0.1) is 23.3 Å². The number of anilines is 1. The van der Waals surface area contributed by atoms with Crippen molar-refractivity contribution in [3.63, 3.8) is 0 Å². The van der Waals surface area contributed by atoms with Crippen LogP contribution in [0.25, 0.3) is 10.9 Å². The largest absolute Gasteiger partial charge is 0.346 e. The van der Waals surface area contributed by atoms with Crippen molar-refractivity contribution in [3.05, 3.63) is 102 Å². The Balaban J connectivity index is 1.34. The molecule has 0 aliphatic heterocycles. The van der Waals surface area contributed by atoms with Crippen molar-refractivity contribution >= 4 is 28.4 Å². The van der Waals surface area contributed by atoms with Crippen molar-refractivity contribution in [2.24, 2.45) is 0 Å². The minimum atomic E-state index is -0.225. The van der Waals surface area contributed by atoms with E-state index in [9.17, 15) is 9.59 Å². The van der Waals surface area contributed by atoms with E-state index in [1.54, 1.807) is 30.5 Å². The number of carbonyl (C=O) groups excluding carboxylic acids is 2. The van der Waals surface area contributed by atoms with Crippen LogP contribution in [0.3, 0.4) is 0 Å². The lowest BCUT2D eigenvalue weighted by Gasteiger charge is -2.11. The second-order valence-corrected chi connectivity index (χ2v) is 7.92. The van der Waals surface area contributed by atoms with Crippen LogP contribution in [0.1, 0.15) is 50.9 Å². The van der Waals surface area contributed by atoms with E-state index in [4.69, 9.17) is 4.98 Å². The third-order valence-corrected chi connectivity index (χ3v) is 5.52. The molecule has 1 aliphatic rings. The summed E-state index contributed by atoms with van der Waals surface area (Å²) in [6.45, 7) is 0.337. The van der Waals surface area contributed by atoms with Gasteiger partial charge < -0.3 is 10.6 Å². The van der Waals surface area contributed by atoms with Crippen LogP contribution in [-0.2, 0) is 6.54 Å². The quantitative estimate of drug-likeness (QED) is 0.472. The molecular formula is C26H22N4O2. The summed E-state index contributed by atoms with van der Waals surface area (Å²) in [5.41, 5.74) is 4.20. The molecule has 0 saturated heterocycles. The lowest BCUT2D eigenvalue weighted by atomic mass is 10.0. The van der Waals surface area contributed by atoms with E-state index in [2.05, 4.69) is 15.6 Å². The van der Waals surface area contributed by atoms with E-state index < -0.39 is 0 Å². The molecule has 2 aromatic heterocycles. The molecule has 1 fully saturated rings. The Morgan fingerprint density at radius 2 is 1.75 bits per heavy atom. The van der Waals surface area contributed by atoms with Gasteiger partial charge in [-0.05, 0) is 55.3 Å². The summed E-state index contributed by atoms with van der Waals surface area (Å²) in [4.78, 5) is 34.7. The maximum atomic E-state index is 13.2. The van der Waals surface area contributed by atoms with Gasteiger partial charge in [0, 0.05) is 34.4 Å². The fourth-order valence-electron chi connectivity index (χ4n) is 3.68. The molecular weight excluding hydrogens is 400 g/mol. The number of carbonyl (C=O) groups is 2. The Morgan fingerprint density at radius 1 is 0.906 bits per heavy atom. The zero-order chi connectivity index (χ0) is 21.9. The predicted molar refractivity (Wildman–Crippen MR) is 124 cm³/mol. The summed E-state index contributed by atoms with van der Waals surface area (Å²) < 4.78 is 0. The van der Waals surface area contributed by atoms with Crippen molar-refractivity contribution in [1.29, 1.82) is 0 Å². The Labute approximate surface area is 185 Å². The van der Waals surface area contributed by atoms with Gasteiger partial charge in [-0.2, -0.15) is 0 Å². The van der Waals surface area contributed by atoms with Crippen molar-refractivity contribution < 1.29 is 9.59 Å². The van der Waals surface area contributed by atoms with Crippen molar-refractivity contribution in [2.45, 2.75) is 25.3 Å². The summed E-state index contributed by atoms with van der Waals surface area (Å²) >= 11 is 0. The topological polar surface area (TPSA) is 84.0 Å². The summed E-state index contributed by atoms with van der Waals surface area (Å²) in [6.07, 6.45) is 3.92. The zero-order valence-electron chi connectivity index (χ0n) is 17.4. The van der Waals surface area contributed by atoms with Crippen LogP contribution in [0.15, 0.2) is 79.0 Å². The molecule has 6 heteroatoms. The number of benzene rings is 2. The Hall–Kier alpha value is -4.06. The molecule has 2 aromatic carbocycles. The van der Waals surface area contributed by atoms with Crippen molar-refractivity contribution in [1.82, 2.24) is 15.3 Å². The van der Waals surface area contributed by atoms with E-state index in [1.165, 1.54) is 0 Å². The minimum Gasteiger partial charge on any atom is -0.346 e. The van der Waals surface area contributed by atoms with E-state index in [1.807, 2.05) is 48.5 Å². The van der Waals surface area contributed by atoms with Crippen molar-refractivity contribution in [2.75, 3.05) is 5.32 Å². The fraction of sp³-hybridized carbons (Fsp3) is 0.154. The third kappa shape index (κ3) is 4.34.